The third kappa shape index (κ3) is 3.22. The summed E-state index contributed by atoms with van der Waals surface area (Å²) in [6.07, 6.45) is 2.85. The van der Waals surface area contributed by atoms with Crippen LogP contribution in [0.4, 0.5) is 0 Å². The summed E-state index contributed by atoms with van der Waals surface area (Å²) in [6.45, 7) is 6.32. The summed E-state index contributed by atoms with van der Waals surface area (Å²) in [5.41, 5.74) is 7.92. The second kappa shape index (κ2) is 5.69. The Morgan fingerprint density at radius 1 is 1.44 bits per heavy atom. The minimum atomic E-state index is 0.243. The molecule has 0 fully saturated rings. The van der Waals surface area contributed by atoms with Crippen molar-refractivity contribution in [1.82, 2.24) is 9.78 Å². The van der Waals surface area contributed by atoms with Crippen LogP contribution in [0.15, 0.2) is 0 Å². The van der Waals surface area contributed by atoms with Gasteiger partial charge in [0, 0.05) is 13.1 Å². The van der Waals surface area contributed by atoms with Crippen LogP contribution in [0.1, 0.15) is 38.6 Å². The van der Waals surface area contributed by atoms with E-state index in [1.807, 2.05) is 18.7 Å². The van der Waals surface area contributed by atoms with Gasteiger partial charge in [-0.05, 0) is 32.1 Å². The molecule has 0 aliphatic rings. The molecular formula is C12H22ClN3. The normalized spacial score (nSPS) is 15.1. The molecule has 0 radical (unpaired) electrons. The first-order valence-electron chi connectivity index (χ1n) is 5.91. The van der Waals surface area contributed by atoms with E-state index < -0.39 is 0 Å². The molecule has 0 aliphatic carbocycles. The molecule has 1 aromatic rings. The fourth-order valence-corrected chi connectivity index (χ4v) is 2.46. The van der Waals surface area contributed by atoms with Crippen LogP contribution in [0.25, 0.3) is 0 Å². The van der Waals surface area contributed by atoms with Crippen molar-refractivity contribution in [3.05, 3.63) is 16.4 Å². The lowest BCUT2D eigenvalue weighted by Gasteiger charge is -2.14. The standard InChI is InChI=1S/C12H22ClN3/c1-5-10-12(13)11(16(4)15-10)7-8(2)6-9(3)14/h8-9H,5-7,14H2,1-4H3. The van der Waals surface area contributed by atoms with E-state index in [1.165, 1.54) is 0 Å². The predicted octanol–water partition coefficient (Wildman–Crippen LogP) is 2.55. The summed E-state index contributed by atoms with van der Waals surface area (Å²) in [7, 11) is 1.96. The van der Waals surface area contributed by atoms with Crippen LogP contribution in [0, 0.1) is 5.92 Å². The molecule has 4 heteroatoms. The number of aryl methyl sites for hydroxylation is 2. The Balaban J connectivity index is 2.76. The summed E-state index contributed by atoms with van der Waals surface area (Å²) >= 11 is 6.30. The Morgan fingerprint density at radius 2 is 2.06 bits per heavy atom. The van der Waals surface area contributed by atoms with Gasteiger partial charge in [-0.15, -0.1) is 0 Å². The smallest absolute Gasteiger partial charge is 0.0849 e. The molecule has 0 aromatic carbocycles. The van der Waals surface area contributed by atoms with Crippen molar-refractivity contribution in [2.24, 2.45) is 18.7 Å². The van der Waals surface area contributed by atoms with Crippen LogP contribution in [0.5, 0.6) is 0 Å². The number of rotatable bonds is 5. The number of hydrogen-bond donors (Lipinski definition) is 1. The van der Waals surface area contributed by atoms with E-state index in [0.717, 1.165) is 35.7 Å². The van der Waals surface area contributed by atoms with Crippen LogP contribution in [-0.2, 0) is 19.9 Å². The van der Waals surface area contributed by atoms with Crippen molar-refractivity contribution < 1.29 is 0 Å². The quantitative estimate of drug-likeness (QED) is 0.864. The van der Waals surface area contributed by atoms with Gasteiger partial charge in [-0.25, -0.2) is 0 Å². The lowest BCUT2D eigenvalue weighted by molar-refractivity contribution is 0.466. The van der Waals surface area contributed by atoms with Gasteiger partial charge >= 0.3 is 0 Å². The molecule has 1 rings (SSSR count). The Morgan fingerprint density at radius 3 is 2.50 bits per heavy atom. The Hall–Kier alpha value is -0.540. The number of nitrogens with zero attached hydrogens (tertiary/aromatic N) is 2. The number of hydrogen-bond acceptors (Lipinski definition) is 2. The molecule has 0 bridgehead atoms. The fourth-order valence-electron chi connectivity index (χ4n) is 2.09. The minimum Gasteiger partial charge on any atom is -0.328 e. The second-order valence-electron chi connectivity index (χ2n) is 4.71. The lowest BCUT2D eigenvalue weighted by Crippen LogP contribution is -2.20. The first kappa shape index (κ1) is 13.5. The zero-order valence-electron chi connectivity index (χ0n) is 10.6. The molecule has 0 aliphatic heterocycles. The van der Waals surface area contributed by atoms with Gasteiger partial charge in [0.15, 0.2) is 0 Å². The summed E-state index contributed by atoms with van der Waals surface area (Å²) < 4.78 is 1.90. The first-order valence-corrected chi connectivity index (χ1v) is 6.29. The van der Waals surface area contributed by atoms with Gasteiger partial charge in [0.2, 0.25) is 0 Å². The molecule has 92 valence electrons. The summed E-state index contributed by atoms with van der Waals surface area (Å²) in [4.78, 5) is 0. The highest BCUT2D eigenvalue weighted by Gasteiger charge is 2.16. The molecule has 1 aromatic heterocycles. The average molecular weight is 244 g/mol. The molecule has 0 saturated carbocycles. The molecular weight excluding hydrogens is 222 g/mol. The van der Waals surface area contributed by atoms with E-state index in [2.05, 4.69) is 18.9 Å². The zero-order valence-corrected chi connectivity index (χ0v) is 11.4. The molecule has 2 N–H and O–H groups in total. The third-order valence-corrected chi connectivity index (χ3v) is 3.26. The van der Waals surface area contributed by atoms with Crippen molar-refractivity contribution in [3.8, 4) is 0 Å². The zero-order chi connectivity index (χ0) is 12.3. The van der Waals surface area contributed by atoms with Gasteiger partial charge in [0.1, 0.15) is 0 Å². The van der Waals surface area contributed by atoms with Crippen molar-refractivity contribution in [2.75, 3.05) is 0 Å². The third-order valence-electron chi connectivity index (χ3n) is 2.82. The van der Waals surface area contributed by atoms with E-state index >= 15 is 0 Å². The molecule has 3 nitrogen and oxygen atoms in total. The number of nitrogens with two attached hydrogens (primary N) is 1. The van der Waals surface area contributed by atoms with Crippen LogP contribution in [0.3, 0.4) is 0 Å². The van der Waals surface area contributed by atoms with Crippen LogP contribution >= 0.6 is 11.6 Å². The van der Waals surface area contributed by atoms with Gasteiger partial charge in [-0.1, -0.05) is 25.4 Å². The summed E-state index contributed by atoms with van der Waals surface area (Å²) in [5, 5.41) is 5.25. The van der Waals surface area contributed by atoms with Crippen molar-refractivity contribution in [3.63, 3.8) is 0 Å². The first-order chi connectivity index (χ1) is 7.45. The molecule has 0 amide bonds. The summed E-state index contributed by atoms with van der Waals surface area (Å²) in [5.74, 6) is 0.539. The molecule has 2 unspecified atom stereocenters. The van der Waals surface area contributed by atoms with Crippen molar-refractivity contribution in [1.29, 1.82) is 0 Å². The minimum absolute atomic E-state index is 0.243. The van der Waals surface area contributed by atoms with Gasteiger partial charge in [0.05, 0.1) is 16.4 Å². The summed E-state index contributed by atoms with van der Waals surface area (Å²) in [6, 6.07) is 0.243. The van der Waals surface area contributed by atoms with Crippen LogP contribution in [0.2, 0.25) is 5.02 Å². The largest absolute Gasteiger partial charge is 0.328 e. The van der Waals surface area contributed by atoms with E-state index in [0.29, 0.717) is 5.92 Å². The number of aromatic nitrogens is 2. The maximum atomic E-state index is 6.30. The second-order valence-corrected chi connectivity index (χ2v) is 5.08. The number of halogens is 1. The molecule has 16 heavy (non-hydrogen) atoms. The van der Waals surface area contributed by atoms with E-state index in [1.54, 1.807) is 0 Å². The maximum absolute atomic E-state index is 6.30. The van der Waals surface area contributed by atoms with Crippen molar-refractivity contribution in [2.45, 2.75) is 46.1 Å². The highest BCUT2D eigenvalue weighted by molar-refractivity contribution is 6.31. The Kier molecular flexibility index (Phi) is 4.81. The Labute approximate surface area is 103 Å². The molecule has 0 spiro atoms. The lowest BCUT2D eigenvalue weighted by atomic mass is 9.98. The maximum Gasteiger partial charge on any atom is 0.0849 e. The topological polar surface area (TPSA) is 43.8 Å². The molecule has 0 saturated heterocycles. The van der Waals surface area contributed by atoms with Gasteiger partial charge in [-0.2, -0.15) is 5.10 Å². The highest BCUT2D eigenvalue weighted by Crippen LogP contribution is 2.24. The van der Waals surface area contributed by atoms with E-state index in [4.69, 9.17) is 17.3 Å². The fraction of sp³-hybridized carbons (Fsp3) is 0.750. The van der Waals surface area contributed by atoms with Gasteiger partial charge < -0.3 is 5.73 Å². The van der Waals surface area contributed by atoms with Gasteiger partial charge in [-0.3, -0.25) is 4.68 Å². The van der Waals surface area contributed by atoms with Crippen LogP contribution in [-0.4, -0.2) is 15.8 Å². The Bertz CT molecular complexity index is 344. The van der Waals surface area contributed by atoms with Gasteiger partial charge in [0.25, 0.3) is 0 Å². The van der Waals surface area contributed by atoms with Crippen LogP contribution < -0.4 is 5.73 Å². The van der Waals surface area contributed by atoms with Crippen molar-refractivity contribution >= 4 is 11.6 Å². The van der Waals surface area contributed by atoms with E-state index in [9.17, 15) is 0 Å². The SMILES string of the molecule is CCc1nn(C)c(CC(C)CC(C)N)c1Cl. The van der Waals surface area contributed by atoms with E-state index in [-0.39, 0.29) is 6.04 Å². The molecule has 1 heterocycles. The predicted molar refractivity (Wildman–Crippen MR) is 68.7 cm³/mol. The monoisotopic (exact) mass is 243 g/mol. The average Bonchev–Trinajstić information content (AvgIpc) is 2.44. The molecule has 2 atom stereocenters. The highest BCUT2D eigenvalue weighted by atomic mass is 35.5.